The van der Waals surface area contributed by atoms with Crippen LogP contribution in [0.2, 0.25) is 0 Å². The molecular weight excluding hydrogens is 256 g/mol. The molecule has 1 N–H and O–H groups in total. The highest BCUT2D eigenvalue weighted by molar-refractivity contribution is 5.70. The van der Waals surface area contributed by atoms with Crippen LogP contribution >= 0.6 is 0 Å². The third-order valence-electron chi connectivity index (χ3n) is 2.67. The van der Waals surface area contributed by atoms with E-state index in [1.54, 1.807) is 24.3 Å². The van der Waals surface area contributed by atoms with Gasteiger partial charge in [-0.15, -0.1) is 0 Å². The van der Waals surface area contributed by atoms with Crippen LogP contribution in [0.25, 0.3) is 0 Å². The molecule has 2 aromatic carbocycles. The number of rotatable bonds is 7. The molecule has 0 aliphatic rings. The molecule has 0 aliphatic carbocycles. The van der Waals surface area contributed by atoms with Crippen LogP contribution < -0.4 is 4.74 Å². The predicted molar refractivity (Wildman–Crippen MR) is 74.5 cm³/mol. The molecule has 0 bridgehead atoms. The van der Waals surface area contributed by atoms with Gasteiger partial charge in [-0.2, -0.15) is 0 Å². The Labute approximate surface area is 117 Å². The minimum absolute atomic E-state index is 0.0118. The second-order valence-electron chi connectivity index (χ2n) is 4.31. The molecule has 104 valence electrons. The Kier molecular flexibility index (Phi) is 5.15. The number of hydrogen-bond donors (Lipinski definition) is 1. The van der Waals surface area contributed by atoms with E-state index in [-0.39, 0.29) is 13.2 Å². The Balaban J connectivity index is 1.78. The van der Waals surface area contributed by atoms with Crippen LogP contribution in [0.15, 0.2) is 54.6 Å². The van der Waals surface area contributed by atoms with Crippen LogP contribution in [0.4, 0.5) is 0 Å². The van der Waals surface area contributed by atoms with Crippen molar-refractivity contribution < 1.29 is 19.4 Å². The van der Waals surface area contributed by atoms with Gasteiger partial charge in [0, 0.05) is 0 Å². The van der Waals surface area contributed by atoms with Gasteiger partial charge in [0.05, 0.1) is 13.0 Å². The molecule has 0 aromatic heterocycles. The van der Waals surface area contributed by atoms with Gasteiger partial charge in [-0.3, -0.25) is 4.79 Å². The topological polar surface area (TPSA) is 55.8 Å². The molecule has 20 heavy (non-hydrogen) atoms. The fraction of sp³-hybridized carbons (Fsp3) is 0.188. The van der Waals surface area contributed by atoms with E-state index in [9.17, 15) is 4.79 Å². The maximum atomic E-state index is 10.6. The number of hydrogen-bond acceptors (Lipinski definition) is 3. The monoisotopic (exact) mass is 272 g/mol. The zero-order chi connectivity index (χ0) is 14.2. The standard InChI is InChI=1S/C16H16O4/c17-16(18)10-14-7-4-8-15(9-14)20-12-19-11-13-5-2-1-3-6-13/h1-9H,10-12H2,(H,17,18). The maximum absolute atomic E-state index is 10.6. The summed E-state index contributed by atoms with van der Waals surface area (Å²) in [6.45, 7) is 0.612. The second kappa shape index (κ2) is 7.31. The van der Waals surface area contributed by atoms with E-state index >= 15 is 0 Å². The Morgan fingerprint density at radius 1 is 1.00 bits per heavy atom. The first kappa shape index (κ1) is 14.1. The van der Waals surface area contributed by atoms with Crippen LogP contribution in [0.5, 0.6) is 5.75 Å². The summed E-state index contributed by atoms with van der Waals surface area (Å²) < 4.78 is 10.8. The predicted octanol–water partition coefficient (Wildman–Crippen LogP) is 2.87. The summed E-state index contributed by atoms with van der Waals surface area (Å²) in [5, 5.41) is 8.73. The Morgan fingerprint density at radius 3 is 2.50 bits per heavy atom. The average molecular weight is 272 g/mol. The summed E-state index contributed by atoms with van der Waals surface area (Å²) in [6, 6.07) is 16.8. The van der Waals surface area contributed by atoms with Gasteiger partial charge in [0.2, 0.25) is 0 Å². The summed E-state index contributed by atoms with van der Waals surface area (Å²) in [5.74, 6) is -0.251. The number of aliphatic carboxylic acids is 1. The first-order valence-electron chi connectivity index (χ1n) is 6.29. The molecule has 0 heterocycles. The van der Waals surface area contributed by atoms with E-state index in [1.165, 1.54) is 0 Å². The molecule has 0 spiro atoms. The lowest BCUT2D eigenvalue weighted by molar-refractivity contribution is -0.136. The third-order valence-corrected chi connectivity index (χ3v) is 2.67. The van der Waals surface area contributed by atoms with Crippen molar-refractivity contribution in [2.45, 2.75) is 13.0 Å². The number of carboxylic acid groups (broad SMARTS) is 1. The Morgan fingerprint density at radius 2 is 1.75 bits per heavy atom. The van der Waals surface area contributed by atoms with E-state index in [2.05, 4.69) is 0 Å². The van der Waals surface area contributed by atoms with Crippen LogP contribution in [0.3, 0.4) is 0 Å². The number of benzene rings is 2. The van der Waals surface area contributed by atoms with Crippen molar-refractivity contribution in [1.29, 1.82) is 0 Å². The smallest absolute Gasteiger partial charge is 0.307 e. The first-order valence-corrected chi connectivity index (χ1v) is 6.29. The number of carbonyl (C=O) groups is 1. The maximum Gasteiger partial charge on any atom is 0.307 e. The van der Waals surface area contributed by atoms with E-state index in [0.717, 1.165) is 5.56 Å². The largest absolute Gasteiger partial charge is 0.481 e. The molecule has 0 unspecified atom stereocenters. The minimum atomic E-state index is -0.859. The molecule has 0 radical (unpaired) electrons. The van der Waals surface area contributed by atoms with Gasteiger partial charge in [-0.25, -0.2) is 0 Å². The molecule has 0 atom stereocenters. The van der Waals surface area contributed by atoms with Gasteiger partial charge < -0.3 is 14.6 Å². The van der Waals surface area contributed by atoms with Gasteiger partial charge >= 0.3 is 5.97 Å². The summed E-state index contributed by atoms with van der Waals surface area (Å²) in [5.41, 5.74) is 1.79. The normalized spacial score (nSPS) is 10.2. The Hall–Kier alpha value is -2.33. The first-order chi connectivity index (χ1) is 9.74. The van der Waals surface area contributed by atoms with Gasteiger partial charge in [-0.1, -0.05) is 42.5 Å². The van der Waals surface area contributed by atoms with E-state index in [4.69, 9.17) is 14.6 Å². The zero-order valence-corrected chi connectivity index (χ0v) is 11.0. The van der Waals surface area contributed by atoms with Crippen molar-refractivity contribution in [2.75, 3.05) is 6.79 Å². The molecule has 0 amide bonds. The summed E-state index contributed by atoms with van der Waals surface area (Å²) in [7, 11) is 0. The fourth-order valence-electron chi connectivity index (χ4n) is 1.76. The summed E-state index contributed by atoms with van der Waals surface area (Å²) in [4.78, 5) is 10.6. The highest BCUT2D eigenvalue weighted by Gasteiger charge is 2.02. The quantitative estimate of drug-likeness (QED) is 0.622. The fourth-order valence-corrected chi connectivity index (χ4v) is 1.76. The SMILES string of the molecule is O=C(O)Cc1cccc(OCOCc2ccccc2)c1. The molecular formula is C16H16O4. The molecule has 4 heteroatoms. The molecule has 0 aliphatic heterocycles. The van der Waals surface area contributed by atoms with Crippen LogP contribution in [0, 0.1) is 0 Å². The van der Waals surface area contributed by atoms with E-state index in [1.807, 2.05) is 30.3 Å². The second-order valence-corrected chi connectivity index (χ2v) is 4.31. The molecule has 4 nitrogen and oxygen atoms in total. The van der Waals surface area contributed by atoms with Crippen molar-refractivity contribution in [2.24, 2.45) is 0 Å². The molecule has 2 aromatic rings. The zero-order valence-electron chi connectivity index (χ0n) is 11.0. The molecule has 0 saturated carbocycles. The van der Waals surface area contributed by atoms with Crippen LogP contribution in [-0.2, 0) is 22.6 Å². The lowest BCUT2D eigenvalue weighted by atomic mass is 10.1. The van der Waals surface area contributed by atoms with Gasteiger partial charge in [0.1, 0.15) is 5.75 Å². The summed E-state index contributed by atoms with van der Waals surface area (Å²) >= 11 is 0. The van der Waals surface area contributed by atoms with E-state index in [0.29, 0.717) is 17.9 Å². The molecule has 2 rings (SSSR count). The third kappa shape index (κ3) is 4.74. The lowest BCUT2D eigenvalue weighted by Gasteiger charge is -2.08. The highest BCUT2D eigenvalue weighted by Crippen LogP contribution is 2.14. The summed E-state index contributed by atoms with van der Waals surface area (Å²) in [6.07, 6.45) is -0.0118. The van der Waals surface area contributed by atoms with Crippen LogP contribution in [-0.4, -0.2) is 17.9 Å². The van der Waals surface area contributed by atoms with Gasteiger partial charge in [-0.05, 0) is 23.3 Å². The minimum Gasteiger partial charge on any atom is -0.481 e. The molecule has 0 fully saturated rings. The number of ether oxygens (including phenoxy) is 2. The van der Waals surface area contributed by atoms with Crippen LogP contribution in [0.1, 0.15) is 11.1 Å². The van der Waals surface area contributed by atoms with Crippen molar-refractivity contribution in [3.63, 3.8) is 0 Å². The van der Waals surface area contributed by atoms with Crippen molar-refractivity contribution in [3.8, 4) is 5.75 Å². The van der Waals surface area contributed by atoms with Crippen molar-refractivity contribution in [1.82, 2.24) is 0 Å². The lowest BCUT2D eigenvalue weighted by Crippen LogP contribution is -2.04. The molecule has 0 saturated heterocycles. The van der Waals surface area contributed by atoms with Gasteiger partial charge in [0.15, 0.2) is 6.79 Å². The highest BCUT2D eigenvalue weighted by atomic mass is 16.7. The van der Waals surface area contributed by atoms with Crippen molar-refractivity contribution in [3.05, 3.63) is 65.7 Å². The Bertz CT molecular complexity index is 551. The average Bonchev–Trinajstić information content (AvgIpc) is 2.44. The number of carboxylic acids is 1. The van der Waals surface area contributed by atoms with Gasteiger partial charge in [0.25, 0.3) is 0 Å². The van der Waals surface area contributed by atoms with E-state index < -0.39 is 5.97 Å². The van der Waals surface area contributed by atoms with Crippen molar-refractivity contribution >= 4 is 5.97 Å².